The summed E-state index contributed by atoms with van der Waals surface area (Å²) in [6, 6.07) is 7.91. The van der Waals surface area contributed by atoms with Crippen molar-refractivity contribution < 1.29 is 9.18 Å². The Balaban J connectivity index is 2.32. The van der Waals surface area contributed by atoms with Crippen LogP contribution in [0.1, 0.15) is 22.2 Å². The van der Waals surface area contributed by atoms with Crippen molar-refractivity contribution in [3.63, 3.8) is 0 Å². The zero-order valence-electron chi connectivity index (χ0n) is 10.3. The van der Waals surface area contributed by atoms with Gasteiger partial charge in [-0.3, -0.25) is 4.79 Å². The molecule has 0 aliphatic rings. The topological polar surface area (TPSA) is 20.3 Å². The van der Waals surface area contributed by atoms with Crippen LogP contribution >= 0.6 is 11.3 Å². The van der Waals surface area contributed by atoms with Gasteiger partial charge in [0.15, 0.2) is 0 Å². The summed E-state index contributed by atoms with van der Waals surface area (Å²) < 4.78 is 12.9. The largest absolute Gasteiger partial charge is 0.308 e. The maximum atomic E-state index is 12.9. The second-order valence-corrected chi connectivity index (χ2v) is 4.87. The van der Waals surface area contributed by atoms with Crippen molar-refractivity contribution >= 4 is 22.9 Å². The van der Waals surface area contributed by atoms with Crippen molar-refractivity contribution in [3.05, 3.63) is 52.0 Å². The number of rotatable bonds is 3. The maximum absolute atomic E-state index is 12.9. The summed E-state index contributed by atoms with van der Waals surface area (Å²) >= 11 is 1.43. The van der Waals surface area contributed by atoms with Gasteiger partial charge >= 0.3 is 0 Å². The predicted octanol–water partition coefficient (Wildman–Crippen LogP) is 3.86. The Morgan fingerprint density at radius 2 is 1.94 bits per heavy atom. The minimum Gasteiger partial charge on any atom is -0.308 e. The molecule has 2 aromatic rings. The standard InChI is InChI=1S/C14H14FNOS/c1-3-16(12-6-4-11(15)5-7-12)14(17)13-10(2)8-9-18-13/h4-9H,3H2,1-2H3. The molecule has 18 heavy (non-hydrogen) atoms. The lowest BCUT2D eigenvalue weighted by Gasteiger charge is -2.20. The number of benzene rings is 1. The van der Waals surface area contributed by atoms with Gasteiger partial charge in [0.1, 0.15) is 5.82 Å². The molecule has 1 aromatic carbocycles. The van der Waals surface area contributed by atoms with Crippen molar-refractivity contribution in [1.82, 2.24) is 0 Å². The first-order chi connectivity index (χ1) is 8.63. The summed E-state index contributed by atoms with van der Waals surface area (Å²) in [5, 5.41) is 1.90. The van der Waals surface area contributed by atoms with E-state index in [2.05, 4.69) is 0 Å². The van der Waals surface area contributed by atoms with Crippen LogP contribution in [-0.2, 0) is 0 Å². The number of carbonyl (C=O) groups excluding carboxylic acids is 1. The number of hydrogen-bond donors (Lipinski definition) is 0. The summed E-state index contributed by atoms with van der Waals surface area (Å²) in [6.07, 6.45) is 0. The normalized spacial score (nSPS) is 10.4. The Bertz CT molecular complexity index is 547. The van der Waals surface area contributed by atoms with Crippen LogP contribution in [-0.4, -0.2) is 12.5 Å². The second kappa shape index (κ2) is 5.31. The van der Waals surface area contributed by atoms with Crippen LogP contribution in [0.3, 0.4) is 0 Å². The Labute approximate surface area is 110 Å². The third kappa shape index (κ3) is 2.43. The van der Waals surface area contributed by atoms with Crippen molar-refractivity contribution in [2.24, 2.45) is 0 Å². The van der Waals surface area contributed by atoms with Gasteiger partial charge in [-0.1, -0.05) is 0 Å². The van der Waals surface area contributed by atoms with Gasteiger partial charge in [-0.25, -0.2) is 4.39 Å². The fourth-order valence-corrected chi connectivity index (χ4v) is 2.65. The molecular weight excluding hydrogens is 249 g/mol. The van der Waals surface area contributed by atoms with Gasteiger partial charge in [0.2, 0.25) is 0 Å². The lowest BCUT2D eigenvalue weighted by Crippen LogP contribution is -2.30. The summed E-state index contributed by atoms with van der Waals surface area (Å²) in [7, 11) is 0. The minimum atomic E-state index is -0.297. The molecule has 0 radical (unpaired) electrons. The quantitative estimate of drug-likeness (QED) is 0.823. The molecule has 1 heterocycles. The summed E-state index contributed by atoms with van der Waals surface area (Å²) in [5.74, 6) is -0.328. The molecule has 0 fully saturated rings. The first-order valence-electron chi connectivity index (χ1n) is 5.75. The number of carbonyl (C=O) groups is 1. The van der Waals surface area contributed by atoms with Crippen LogP contribution < -0.4 is 4.90 Å². The Morgan fingerprint density at radius 1 is 1.28 bits per heavy atom. The van der Waals surface area contributed by atoms with Gasteiger partial charge in [0.25, 0.3) is 5.91 Å². The fourth-order valence-electron chi connectivity index (χ4n) is 1.78. The average Bonchev–Trinajstić information content (AvgIpc) is 2.78. The molecule has 1 amide bonds. The number of hydrogen-bond acceptors (Lipinski definition) is 2. The molecule has 0 saturated carbocycles. The number of amides is 1. The highest BCUT2D eigenvalue weighted by Crippen LogP contribution is 2.22. The molecule has 0 N–H and O–H groups in total. The molecule has 2 nitrogen and oxygen atoms in total. The van der Waals surface area contributed by atoms with E-state index in [9.17, 15) is 9.18 Å². The molecule has 0 aliphatic carbocycles. The summed E-state index contributed by atoms with van der Waals surface area (Å²) in [6.45, 7) is 4.38. The van der Waals surface area contributed by atoms with Crippen molar-refractivity contribution in [1.29, 1.82) is 0 Å². The highest BCUT2D eigenvalue weighted by atomic mass is 32.1. The monoisotopic (exact) mass is 263 g/mol. The third-order valence-corrected chi connectivity index (χ3v) is 3.76. The lowest BCUT2D eigenvalue weighted by atomic mass is 10.2. The van der Waals surface area contributed by atoms with Crippen LogP contribution in [0.2, 0.25) is 0 Å². The third-order valence-electron chi connectivity index (χ3n) is 2.76. The van der Waals surface area contributed by atoms with Crippen LogP contribution in [0.5, 0.6) is 0 Å². The summed E-state index contributed by atoms with van der Waals surface area (Å²) in [5.41, 5.74) is 1.70. The zero-order valence-corrected chi connectivity index (χ0v) is 11.1. The van der Waals surface area contributed by atoms with Crippen LogP contribution in [0, 0.1) is 12.7 Å². The van der Waals surface area contributed by atoms with E-state index in [1.54, 1.807) is 17.0 Å². The van der Waals surface area contributed by atoms with Gasteiger partial charge < -0.3 is 4.90 Å². The molecule has 2 rings (SSSR count). The molecule has 0 atom stereocenters. The first-order valence-corrected chi connectivity index (χ1v) is 6.63. The van der Waals surface area contributed by atoms with Gasteiger partial charge in [-0.2, -0.15) is 0 Å². The van der Waals surface area contributed by atoms with Gasteiger partial charge in [0.05, 0.1) is 4.88 Å². The van der Waals surface area contributed by atoms with Crippen molar-refractivity contribution in [2.75, 3.05) is 11.4 Å². The van der Waals surface area contributed by atoms with Crippen LogP contribution in [0.25, 0.3) is 0 Å². The molecule has 94 valence electrons. The van der Waals surface area contributed by atoms with Crippen molar-refractivity contribution in [2.45, 2.75) is 13.8 Å². The minimum absolute atomic E-state index is 0.0309. The highest BCUT2D eigenvalue weighted by Gasteiger charge is 2.18. The molecule has 0 bridgehead atoms. The predicted molar refractivity (Wildman–Crippen MR) is 72.8 cm³/mol. The van der Waals surface area contributed by atoms with Crippen LogP contribution in [0.4, 0.5) is 10.1 Å². The van der Waals surface area contributed by atoms with E-state index in [1.165, 1.54) is 23.5 Å². The summed E-state index contributed by atoms with van der Waals surface area (Å²) in [4.78, 5) is 14.8. The number of thiophene rings is 1. The van der Waals surface area contributed by atoms with E-state index in [0.717, 1.165) is 16.1 Å². The fraction of sp³-hybridized carbons (Fsp3) is 0.214. The maximum Gasteiger partial charge on any atom is 0.268 e. The van der Waals surface area contributed by atoms with E-state index < -0.39 is 0 Å². The van der Waals surface area contributed by atoms with Gasteiger partial charge in [-0.15, -0.1) is 11.3 Å². The second-order valence-electron chi connectivity index (χ2n) is 3.96. The average molecular weight is 263 g/mol. The van der Waals surface area contributed by atoms with Crippen LogP contribution in [0.15, 0.2) is 35.7 Å². The SMILES string of the molecule is CCN(C(=O)c1sccc1C)c1ccc(F)cc1. The van der Waals surface area contributed by atoms with Gasteiger partial charge in [-0.05, 0) is 55.1 Å². The number of anilines is 1. The highest BCUT2D eigenvalue weighted by molar-refractivity contribution is 7.12. The smallest absolute Gasteiger partial charge is 0.268 e. The number of nitrogens with zero attached hydrogens (tertiary/aromatic N) is 1. The Kier molecular flexibility index (Phi) is 3.77. The number of aryl methyl sites for hydroxylation is 1. The van der Waals surface area contributed by atoms with E-state index in [4.69, 9.17) is 0 Å². The van der Waals surface area contributed by atoms with E-state index in [0.29, 0.717) is 6.54 Å². The Hall–Kier alpha value is -1.68. The first kappa shape index (κ1) is 12.8. The van der Waals surface area contributed by atoms with E-state index >= 15 is 0 Å². The Morgan fingerprint density at radius 3 is 2.44 bits per heavy atom. The van der Waals surface area contributed by atoms with E-state index in [1.807, 2.05) is 25.3 Å². The molecule has 4 heteroatoms. The molecule has 0 unspecified atom stereocenters. The molecular formula is C14H14FNOS. The molecule has 0 saturated heterocycles. The molecule has 0 spiro atoms. The van der Waals surface area contributed by atoms with E-state index in [-0.39, 0.29) is 11.7 Å². The molecule has 1 aromatic heterocycles. The lowest BCUT2D eigenvalue weighted by molar-refractivity contribution is 0.0991. The van der Waals surface area contributed by atoms with Gasteiger partial charge in [0, 0.05) is 12.2 Å². The number of halogens is 1. The molecule has 0 aliphatic heterocycles. The van der Waals surface area contributed by atoms with Crippen molar-refractivity contribution in [3.8, 4) is 0 Å². The zero-order chi connectivity index (χ0) is 13.1.